The molecule has 2 N–H and O–H groups in total. The number of hydrogen-bond donors (Lipinski definition) is 2. The number of carbonyl (C=O) groups is 1. The van der Waals surface area contributed by atoms with Crippen molar-refractivity contribution in [3.05, 3.63) is 36.4 Å². The lowest BCUT2D eigenvalue weighted by atomic mass is 9.89. The van der Waals surface area contributed by atoms with E-state index < -0.39 is 0 Å². The molecule has 0 spiro atoms. The number of urea groups is 1. The maximum Gasteiger partial charge on any atom is 0.319 e. The lowest BCUT2D eigenvalue weighted by molar-refractivity contribution is -0.0974. The second-order valence-electron chi connectivity index (χ2n) is 5.88. The van der Waals surface area contributed by atoms with Gasteiger partial charge < -0.3 is 20.1 Å². The maximum absolute atomic E-state index is 11.8. The molecule has 1 aliphatic heterocycles. The first-order chi connectivity index (χ1) is 9.97. The van der Waals surface area contributed by atoms with Gasteiger partial charge in [-0.3, -0.25) is 0 Å². The van der Waals surface area contributed by atoms with Crippen molar-refractivity contribution in [2.24, 2.45) is 5.41 Å². The normalized spacial score (nSPS) is 15.7. The van der Waals surface area contributed by atoms with Crippen LogP contribution in [0.25, 0.3) is 0 Å². The zero-order chi connectivity index (χ0) is 15.3. The van der Waals surface area contributed by atoms with E-state index in [1.807, 2.05) is 31.2 Å². The molecule has 0 bridgehead atoms. The third-order valence-electron chi connectivity index (χ3n) is 3.17. The summed E-state index contributed by atoms with van der Waals surface area (Å²) in [6.45, 7) is 10.3. The van der Waals surface area contributed by atoms with Crippen LogP contribution in [0, 0.1) is 5.41 Å². The van der Waals surface area contributed by atoms with Gasteiger partial charge in [0, 0.05) is 17.6 Å². The van der Waals surface area contributed by atoms with Gasteiger partial charge in [0.1, 0.15) is 12.4 Å². The van der Waals surface area contributed by atoms with Gasteiger partial charge in [-0.15, -0.1) is 0 Å². The predicted octanol–water partition coefficient (Wildman–Crippen LogP) is 2.80. The summed E-state index contributed by atoms with van der Waals surface area (Å²) in [4.78, 5) is 11.8. The molecule has 5 heteroatoms. The topological polar surface area (TPSA) is 59.6 Å². The van der Waals surface area contributed by atoms with Gasteiger partial charge in [-0.25, -0.2) is 4.79 Å². The van der Waals surface area contributed by atoms with E-state index in [4.69, 9.17) is 9.47 Å². The van der Waals surface area contributed by atoms with Gasteiger partial charge in [-0.05, 0) is 36.8 Å². The molecule has 0 aromatic heterocycles. The van der Waals surface area contributed by atoms with Crippen molar-refractivity contribution >= 4 is 11.7 Å². The van der Waals surface area contributed by atoms with Crippen LogP contribution in [0.15, 0.2) is 36.4 Å². The Morgan fingerprint density at radius 1 is 1.38 bits per heavy atom. The standard InChI is InChI=1S/C16H22N2O3/c1-12(2)8-21-14-6-4-13(5-7-14)18-15(19)17-9-16(3)10-20-11-16/h4-7H,1,8-11H2,2-3H3,(H2,17,18,19). The number of amides is 2. The molecule has 2 rings (SSSR count). The van der Waals surface area contributed by atoms with E-state index in [1.54, 1.807) is 0 Å². The SMILES string of the molecule is C=C(C)COc1ccc(NC(=O)NCC2(C)COC2)cc1. The first-order valence-electron chi connectivity index (χ1n) is 6.97. The summed E-state index contributed by atoms with van der Waals surface area (Å²) in [6, 6.07) is 7.04. The van der Waals surface area contributed by atoms with Crippen molar-refractivity contribution in [1.29, 1.82) is 0 Å². The molecular weight excluding hydrogens is 268 g/mol. The minimum Gasteiger partial charge on any atom is -0.489 e. The highest BCUT2D eigenvalue weighted by molar-refractivity contribution is 5.89. The van der Waals surface area contributed by atoms with E-state index in [2.05, 4.69) is 24.1 Å². The molecule has 2 amide bonds. The molecule has 1 heterocycles. The Bertz CT molecular complexity index is 507. The van der Waals surface area contributed by atoms with Crippen LogP contribution >= 0.6 is 0 Å². The van der Waals surface area contributed by atoms with Crippen LogP contribution in [0.5, 0.6) is 5.75 Å². The summed E-state index contributed by atoms with van der Waals surface area (Å²) in [5.74, 6) is 0.753. The Morgan fingerprint density at radius 2 is 2.05 bits per heavy atom. The molecule has 1 fully saturated rings. The fourth-order valence-electron chi connectivity index (χ4n) is 1.86. The van der Waals surface area contributed by atoms with Crippen molar-refractivity contribution in [3.8, 4) is 5.75 Å². The van der Waals surface area contributed by atoms with Gasteiger partial charge >= 0.3 is 6.03 Å². The summed E-state index contributed by atoms with van der Waals surface area (Å²) in [5.41, 5.74) is 1.76. The highest BCUT2D eigenvalue weighted by atomic mass is 16.5. The van der Waals surface area contributed by atoms with Crippen molar-refractivity contribution in [2.45, 2.75) is 13.8 Å². The van der Waals surface area contributed by atoms with Crippen molar-refractivity contribution in [1.82, 2.24) is 5.32 Å². The lowest BCUT2D eigenvalue weighted by Gasteiger charge is -2.37. The Labute approximate surface area is 125 Å². The largest absolute Gasteiger partial charge is 0.489 e. The van der Waals surface area contributed by atoms with Crippen LogP contribution in [0.2, 0.25) is 0 Å². The van der Waals surface area contributed by atoms with E-state index in [9.17, 15) is 4.79 Å². The molecule has 1 aromatic rings. The summed E-state index contributed by atoms with van der Waals surface area (Å²) >= 11 is 0. The third kappa shape index (κ3) is 4.79. The second-order valence-corrected chi connectivity index (χ2v) is 5.88. The average Bonchev–Trinajstić information content (AvgIpc) is 2.42. The smallest absolute Gasteiger partial charge is 0.319 e. The minimum atomic E-state index is -0.210. The zero-order valence-corrected chi connectivity index (χ0v) is 12.6. The monoisotopic (exact) mass is 290 g/mol. The summed E-state index contributed by atoms with van der Waals surface area (Å²) in [7, 11) is 0. The molecule has 0 unspecified atom stereocenters. The van der Waals surface area contributed by atoms with Crippen LogP contribution in [-0.4, -0.2) is 32.4 Å². The molecular formula is C16H22N2O3. The fourth-order valence-corrected chi connectivity index (χ4v) is 1.86. The number of carbonyl (C=O) groups excluding carboxylic acids is 1. The van der Waals surface area contributed by atoms with Crippen LogP contribution in [0.3, 0.4) is 0 Å². The number of hydrogen-bond acceptors (Lipinski definition) is 3. The molecule has 0 aliphatic carbocycles. The number of ether oxygens (including phenoxy) is 2. The van der Waals surface area contributed by atoms with Gasteiger partial charge in [-0.1, -0.05) is 13.5 Å². The van der Waals surface area contributed by atoms with Crippen molar-refractivity contribution in [2.75, 3.05) is 31.7 Å². The highest BCUT2D eigenvalue weighted by Gasteiger charge is 2.33. The Kier molecular flexibility index (Phi) is 4.85. The van der Waals surface area contributed by atoms with E-state index in [1.165, 1.54) is 0 Å². The maximum atomic E-state index is 11.8. The number of nitrogens with one attached hydrogen (secondary N) is 2. The summed E-state index contributed by atoms with van der Waals surface area (Å²) in [5, 5.41) is 5.65. The van der Waals surface area contributed by atoms with Crippen molar-refractivity contribution in [3.63, 3.8) is 0 Å². The van der Waals surface area contributed by atoms with Gasteiger partial charge in [0.25, 0.3) is 0 Å². The first kappa shape index (κ1) is 15.4. The van der Waals surface area contributed by atoms with E-state index in [0.717, 1.165) is 17.0 Å². The molecule has 0 atom stereocenters. The Balaban J connectivity index is 1.76. The molecule has 0 radical (unpaired) electrons. The number of rotatable bonds is 6. The quantitative estimate of drug-likeness (QED) is 0.792. The van der Waals surface area contributed by atoms with Crippen LogP contribution in [0.4, 0.5) is 10.5 Å². The summed E-state index contributed by atoms with van der Waals surface area (Å²) in [6.07, 6.45) is 0. The first-order valence-corrected chi connectivity index (χ1v) is 6.97. The molecule has 1 saturated heterocycles. The van der Waals surface area contributed by atoms with Crippen LogP contribution < -0.4 is 15.4 Å². The number of anilines is 1. The predicted molar refractivity (Wildman–Crippen MR) is 82.7 cm³/mol. The van der Waals surface area contributed by atoms with Gasteiger partial charge in [-0.2, -0.15) is 0 Å². The zero-order valence-electron chi connectivity index (χ0n) is 12.6. The van der Waals surface area contributed by atoms with E-state index in [0.29, 0.717) is 26.4 Å². The Hall–Kier alpha value is -2.01. The third-order valence-corrected chi connectivity index (χ3v) is 3.17. The fraction of sp³-hybridized carbons (Fsp3) is 0.438. The van der Waals surface area contributed by atoms with Gasteiger partial charge in [0.15, 0.2) is 0 Å². The lowest BCUT2D eigenvalue weighted by Crippen LogP contribution is -2.49. The van der Waals surface area contributed by atoms with E-state index >= 15 is 0 Å². The Morgan fingerprint density at radius 3 is 2.57 bits per heavy atom. The molecule has 1 aromatic carbocycles. The summed E-state index contributed by atoms with van der Waals surface area (Å²) < 4.78 is 10.6. The van der Waals surface area contributed by atoms with Crippen LogP contribution in [-0.2, 0) is 4.74 Å². The number of benzene rings is 1. The molecule has 0 saturated carbocycles. The van der Waals surface area contributed by atoms with E-state index in [-0.39, 0.29) is 11.4 Å². The average molecular weight is 290 g/mol. The van der Waals surface area contributed by atoms with Crippen LogP contribution in [0.1, 0.15) is 13.8 Å². The highest BCUT2D eigenvalue weighted by Crippen LogP contribution is 2.25. The van der Waals surface area contributed by atoms with Crippen molar-refractivity contribution < 1.29 is 14.3 Å². The molecule has 21 heavy (non-hydrogen) atoms. The molecule has 5 nitrogen and oxygen atoms in total. The second kappa shape index (κ2) is 6.63. The molecule has 114 valence electrons. The molecule has 1 aliphatic rings. The van der Waals surface area contributed by atoms with Gasteiger partial charge in [0.05, 0.1) is 13.2 Å². The van der Waals surface area contributed by atoms with Gasteiger partial charge in [0.2, 0.25) is 0 Å². The minimum absolute atomic E-state index is 0.0670.